The first-order valence-electron chi connectivity index (χ1n) is 5.36. The number of unbranched alkanes of at least 4 members (excludes halogenated alkanes) is 1. The molecule has 11 heavy (non-hydrogen) atoms. The van der Waals surface area contributed by atoms with Crippen molar-refractivity contribution in [2.24, 2.45) is 11.8 Å². The van der Waals surface area contributed by atoms with Gasteiger partial charge in [0.15, 0.2) is 0 Å². The smallest absolute Gasteiger partial charge is 0.0409 e. The summed E-state index contributed by atoms with van der Waals surface area (Å²) in [6.07, 6.45) is 10.3. The van der Waals surface area contributed by atoms with E-state index in [0.717, 1.165) is 11.8 Å². The lowest BCUT2D eigenvalue weighted by Crippen LogP contribution is -2.23. The minimum Gasteiger partial charge on any atom is -0.0654 e. The lowest BCUT2D eigenvalue weighted by molar-refractivity contribution is 0.167. The maximum atomic E-state index is 2.30. The van der Waals surface area contributed by atoms with Crippen LogP contribution in [-0.2, 0) is 0 Å². The molecule has 1 aliphatic rings. The van der Waals surface area contributed by atoms with Gasteiger partial charge in [-0.1, -0.05) is 46.0 Å². The van der Waals surface area contributed by atoms with Gasteiger partial charge in [-0.2, -0.15) is 0 Å². The zero-order valence-electron chi connectivity index (χ0n) is 8.10. The molecule has 0 atom stereocenters. The van der Waals surface area contributed by atoms with Crippen LogP contribution in [0.3, 0.4) is 0 Å². The van der Waals surface area contributed by atoms with Gasteiger partial charge >= 0.3 is 0 Å². The zero-order chi connectivity index (χ0) is 8.10. The van der Waals surface area contributed by atoms with E-state index in [9.17, 15) is 0 Å². The van der Waals surface area contributed by atoms with E-state index in [4.69, 9.17) is 0 Å². The Labute approximate surface area is 71.4 Å². The van der Waals surface area contributed by atoms with Crippen LogP contribution in [0.4, 0.5) is 0 Å². The fourth-order valence-corrected chi connectivity index (χ4v) is 2.25. The largest absolute Gasteiger partial charge is 0.0654 e. The topological polar surface area (TPSA) is 0 Å². The molecule has 0 heteroatoms. The molecule has 1 saturated carbocycles. The van der Waals surface area contributed by atoms with Gasteiger partial charge in [-0.15, -0.1) is 0 Å². The molecule has 0 saturated heterocycles. The van der Waals surface area contributed by atoms with Gasteiger partial charge in [0.1, 0.15) is 0 Å². The summed E-state index contributed by atoms with van der Waals surface area (Å²) >= 11 is 0. The van der Waals surface area contributed by atoms with Crippen LogP contribution in [0.2, 0.25) is 0 Å². The summed E-state index contributed by atoms with van der Waals surface area (Å²) in [7, 11) is 0. The summed E-state index contributed by atoms with van der Waals surface area (Å²) < 4.78 is 0. The summed E-state index contributed by atoms with van der Waals surface area (Å²) in [6, 6.07) is 0. The van der Waals surface area contributed by atoms with Gasteiger partial charge in [0.05, 0.1) is 0 Å². The van der Waals surface area contributed by atoms with E-state index in [1.807, 2.05) is 0 Å². The van der Waals surface area contributed by atoms with Crippen LogP contribution in [0.25, 0.3) is 0 Å². The second-order valence-electron chi connectivity index (χ2n) is 4.13. The minimum absolute atomic E-state index is 1.11. The van der Waals surface area contributed by atoms with Crippen molar-refractivity contribution >= 4 is 0 Å². The molecular formula is C11H22. The molecule has 0 aromatic carbocycles. The van der Waals surface area contributed by atoms with E-state index in [2.05, 4.69) is 13.8 Å². The summed E-state index contributed by atoms with van der Waals surface area (Å²) in [5.41, 5.74) is 0. The Morgan fingerprint density at radius 1 is 0.909 bits per heavy atom. The Morgan fingerprint density at radius 3 is 2.09 bits per heavy atom. The molecule has 0 nitrogen and oxygen atoms in total. The third-order valence-corrected chi connectivity index (χ3v) is 3.00. The fourth-order valence-electron chi connectivity index (χ4n) is 2.25. The Bertz CT molecular complexity index is 90.2. The SMILES string of the molecule is CCCCC1CC(CCC)C1. The molecular weight excluding hydrogens is 132 g/mol. The van der Waals surface area contributed by atoms with Crippen LogP contribution < -0.4 is 0 Å². The third kappa shape index (κ3) is 2.84. The van der Waals surface area contributed by atoms with E-state index < -0.39 is 0 Å². The summed E-state index contributed by atoms with van der Waals surface area (Å²) in [5.74, 6) is 2.23. The van der Waals surface area contributed by atoms with Crippen molar-refractivity contribution in [1.82, 2.24) is 0 Å². The Balaban J connectivity index is 1.92. The molecule has 0 radical (unpaired) electrons. The number of rotatable bonds is 5. The molecule has 0 unspecified atom stereocenters. The molecule has 1 aliphatic carbocycles. The molecule has 1 fully saturated rings. The number of hydrogen-bond acceptors (Lipinski definition) is 0. The van der Waals surface area contributed by atoms with E-state index in [1.165, 1.54) is 32.1 Å². The van der Waals surface area contributed by atoms with Gasteiger partial charge < -0.3 is 0 Å². The quantitative estimate of drug-likeness (QED) is 0.561. The van der Waals surface area contributed by atoms with Crippen LogP contribution in [0.15, 0.2) is 0 Å². The van der Waals surface area contributed by atoms with Gasteiger partial charge in [0.25, 0.3) is 0 Å². The first kappa shape index (κ1) is 9.09. The highest BCUT2D eigenvalue weighted by Crippen LogP contribution is 2.39. The van der Waals surface area contributed by atoms with Crippen molar-refractivity contribution in [3.63, 3.8) is 0 Å². The second-order valence-corrected chi connectivity index (χ2v) is 4.13. The first-order chi connectivity index (χ1) is 5.36. The van der Waals surface area contributed by atoms with Crippen molar-refractivity contribution < 1.29 is 0 Å². The lowest BCUT2D eigenvalue weighted by atomic mass is 9.71. The highest BCUT2D eigenvalue weighted by molar-refractivity contribution is 4.78. The maximum absolute atomic E-state index is 2.30. The van der Waals surface area contributed by atoms with Crippen molar-refractivity contribution in [1.29, 1.82) is 0 Å². The summed E-state index contributed by atoms with van der Waals surface area (Å²) in [5, 5.41) is 0. The fraction of sp³-hybridized carbons (Fsp3) is 1.00. The van der Waals surface area contributed by atoms with Crippen LogP contribution in [0, 0.1) is 11.8 Å². The van der Waals surface area contributed by atoms with Gasteiger partial charge in [0.2, 0.25) is 0 Å². The molecule has 0 amide bonds. The standard InChI is InChI=1S/C11H22/c1-3-5-7-11-8-10(9-11)6-4-2/h10-11H,3-9H2,1-2H3. The van der Waals surface area contributed by atoms with Crippen LogP contribution in [0.1, 0.15) is 58.8 Å². The molecule has 0 heterocycles. The Kier molecular flexibility index (Phi) is 3.96. The average molecular weight is 154 g/mol. The van der Waals surface area contributed by atoms with Gasteiger partial charge in [-0.25, -0.2) is 0 Å². The predicted octanol–water partition coefficient (Wildman–Crippen LogP) is 4.00. The molecule has 0 N–H and O–H groups in total. The summed E-state index contributed by atoms with van der Waals surface area (Å²) in [4.78, 5) is 0. The maximum Gasteiger partial charge on any atom is -0.0409 e. The van der Waals surface area contributed by atoms with Crippen molar-refractivity contribution in [3.8, 4) is 0 Å². The molecule has 0 aromatic heterocycles. The van der Waals surface area contributed by atoms with Gasteiger partial charge in [0, 0.05) is 0 Å². The van der Waals surface area contributed by atoms with E-state index >= 15 is 0 Å². The van der Waals surface area contributed by atoms with Crippen molar-refractivity contribution in [3.05, 3.63) is 0 Å². The molecule has 0 aliphatic heterocycles. The van der Waals surface area contributed by atoms with E-state index in [1.54, 1.807) is 12.8 Å². The monoisotopic (exact) mass is 154 g/mol. The normalized spacial score (nSPS) is 30.0. The number of hydrogen-bond donors (Lipinski definition) is 0. The lowest BCUT2D eigenvalue weighted by Gasteiger charge is -2.35. The van der Waals surface area contributed by atoms with Crippen LogP contribution in [0.5, 0.6) is 0 Å². The third-order valence-electron chi connectivity index (χ3n) is 3.00. The second kappa shape index (κ2) is 4.79. The van der Waals surface area contributed by atoms with Gasteiger partial charge in [-0.05, 0) is 24.7 Å². The molecule has 1 rings (SSSR count). The minimum atomic E-state index is 1.11. The highest BCUT2D eigenvalue weighted by Gasteiger charge is 2.26. The molecule has 0 spiro atoms. The summed E-state index contributed by atoms with van der Waals surface area (Å²) in [6.45, 7) is 4.60. The van der Waals surface area contributed by atoms with Gasteiger partial charge in [-0.3, -0.25) is 0 Å². The Morgan fingerprint density at radius 2 is 1.55 bits per heavy atom. The molecule has 0 aromatic rings. The predicted molar refractivity (Wildman–Crippen MR) is 50.6 cm³/mol. The molecule has 0 bridgehead atoms. The van der Waals surface area contributed by atoms with Crippen LogP contribution >= 0.6 is 0 Å². The molecule has 66 valence electrons. The van der Waals surface area contributed by atoms with Crippen molar-refractivity contribution in [2.45, 2.75) is 58.8 Å². The highest BCUT2D eigenvalue weighted by atomic mass is 14.3. The van der Waals surface area contributed by atoms with E-state index in [-0.39, 0.29) is 0 Å². The zero-order valence-corrected chi connectivity index (χ0v) is 8.10. The van der Waals surface area contributed by atoms with Crippen LogP contribution in [-0.4, -0.2) is 0 Å². The Hall–Kier alpha value is 0. The average Bonchev–Trinajstić information content (AvgIpc) is 1.94. The first-order valence-corrected chi connectivity index (χ1v) is 5.36. The van der Waals surface area contributed by atoms with E-state index in [0.29, 0.717) is 0 Å². The van der Waals surface area contributed by atoms with Crippen molar-refractivity contribution in [2.75, 3.05) is 0 Å².